The van der Waals surface area contributed by atoms with Gasteiger partial charge in [-0.25, -0.2) is 27.4 Å². The van der Waals surface area contributed by atoms with E-state index in [4.69, 9.17) is 48.3 Å². The topological polar surface area (TPSA) is 301 Å². The number of benzene rings is 3. The summed E-state index contributed by atoms with van der Waals surface area (Å²) in [7, 11) is -28.8. The minimum atomic E-state index is -5.14. The maximum atomic E-state index is 12.0. The fraction of sp³-hybridized carbons (Fsp3) is 0.0526. The highest BCUT2D eigenvalue weighted by Gasteiger charge is 2.19. The standard InChI is InChI=1S/3C6H6FO3P.CH4FO3P.2FH2O3P/c3*7-11(8,9)10-6-4-2-1-3-5-6;1-5-6(2,3)4;2*1-5(2,3)4/h3*1-5H,(H,8,9);1H3,(H,3,4);2*(H2,2,3,4). The number of para-hydroxylation sites is 3. The van der Waals surface area contributed by atoms with Crippen molar-refractivity contribution >= 4 is 47.4 Å². The average molecular weight is 842 g/mol. The first kappa shape index (κ1) is 51.0. The molecule has 0 radical (unpaired) electrons. The smallest absolute Gasteiger partial charge is 0.401 e. The van der Waals surface area contributed by atoms with Gasteiger partial charge in [0, 0.05) is 7.11 Å². The van der Waals surface area contributed by atoms with E-state index >= 15 is 0 Å². The molecule has 18 nitrogen and oxygen atoms in total. The fourth-order valence-electron chi connectivity index (χ4n) is 1.83. The molecular weight excluding hydrogens is 816 g/mol. The van der Waals surface area contributed by atoms with Crippen LogP contribution in [-0.2, 0) is 31.9 Å². The van der Waals surface area contributed by atoms with Crippen molar-refractivity contribution in [1.82, 2.24) is 0 Å². The normalized spacial score (nSPS) is 15.2. The maximum absolute atomic E-state index is 12.0. The van der Waals surface area contributed by atoms with E-state index in [1.165, 1.54) is 36.4 Å². The van der Waals surface area contributed by atoms with Crippen LogP contribution in [-0.4, -0.2) is 46.3 Å². The van der Waals surface area contributed by atoms with Crippen molar-refractivity contribution in [2.45, 2.75) is 0 Å². The zero-order chi connectivity index (χ0) is 39.2. The third-order valence-electron chi connectivity index (χ3n) is 3.11. The van der Waals surface area contributed by atoms with Crippen LogP contribution in [0.5, 0.6) is 17.2 Å². The van der Waals surface area contributed by atoms with Crippen LogP contribution in [0.25, 0.3) is 0 Å². The Kier molecular flexibility index (Phi) is 24.9. The lowest BCUT2D eigenvalue weighted by Gasteiger charge is -2.02. The molecular formula is C19H26F6O18P6. The van der Waals surface area contributed by atoms with Gasteiger partial charge in [-0.1, -0.05) is 54.6 Å². The van der Waals surface area contributed by atoms with Gasteiger partial charge < -0.3 is 13.6 Å². The molecule has 30 heteroatoms. The monoisotopic (exact) mass is 842 g/mol. The van der Waals surface area contributed by atoms with E-state index in [1.807, 2.05) is 0 Å². The summed E-state index contributed by atoms with van der Waals surface area (Å²) < 4.78 is 140. The highest BCUT2D eigenvalue weighted by atomic mass is 31.2. The molecule has 0 aromatic heterocycles. The molecule has 282 valence electrons. The Labute approximate surface area is 272 Å². The Bertz CT molecular complexity index is 1410. The Balaban J connectivity index is -0.000000537. The van der Waals surface area contributed by atoms with Crippen molar-refractivity contribution in [3.05, 3.63) is 91.0 Å². The van der Waals surface area contributed by atoms with Crippen molar-refractivity contribution < 1.29 is 110 Å². The summed E-state index contributed by atoms with van der Waals surface area (Å²) in [5.41, 5.74) is 0. The van der Waals surface area contributed by atoms with Crippen molar-refractivity contribution in [3.63, 3.8) is 0 Å². The molecule has 0 aliphatic carbocycles. The Morgan fingerprint density at radius 2 is 0.531 bits per heavy atom. The van der Waals surface area contributed by atoms with Gasteiger partial charge in [-0.2, -0.15) is 0 Å². The second-order valence-corrected chi connectivity index (χ2v) is 13.6. The van der Waals surface area contributed by atoms with Gasteiger partial charge in [0.2, 0.25) is 0 Å². The quantitative estimate of drug-likeness (QED) is 0.0861. The summed E-state index contributed by atoms with van der Waals surface area (Å²) in [5.74, 6) is 0.127. The van der Waals surface area contributed by atoms with Gasteiger partial charge in [0.25, 0.3) is 0 Å². The van der Waals surface area contributed by atoms with E-state index in [0.29, 0.717) is 0 Å². The van der Waals surface area contributed by atoms with Crippen molar-refractivity contribution in [1.29, 1.82) is 0 Å². The molecule has 0 fully saturated rings. The summed E-state index contributed by atoms with van der Waals surface area (Å²) in [4.78, 5) is 59.8. The maximum Gasteiger partial charge on any atom is 0.567 e. The Hall–Kier alpha value is -2.34. The van der Waals surface area contributed by atoms with Gasteiger partial charge in [-0.05, 0) is 36.4 Å². The van der Waals surface area contributed by atoms with Gasteiger partial charge in [0.1, 0.15) is 17.2 Å². The molecule has 0 spiro atoms. The van der Waals surface area contributed by atoms with Crippen LogP contribution in [0.4, 0.5) is 25.2 Å². The third-order valence-corrected chi connectivity index (χ3v) is 4.87. The summed E-state index contributed by atoms with van der Waals surface area (Å²) >= 11 is 0. The molecule has 3 aromatic carbocycles. The molecule has 0 saturated heterocycles. The van der Waals surface area contributed by atoms with Crippen LogP contribution in [0.3, 0.4) is 0 Å². The predicted molar refractivity (Wildman–Crippen MR) is 158 cm³/mol. The molecule has 0 aliphatic heterocycles. The van der Waals surface area contributed by atoms with Gasteiger partial charge in [0.15, 0.2) is 0 Å². The van der Waals surface area contributed by atoms with Crippen LogP contribution in [0, 0.1) is 0 Å². The molecule has 3 aromatic rings. The predicted octanol–water partition coefficient (Wildman–Crippen LogP) is 7.21. The van der Waals surface area contributed by atoms with Gasteiger partial charge >= 0.3 is 47.4 Å². The number of hydrogen-bond acceptors (Lipinski definition) is 10. The first-order valence-electron chi connectivity index (χ1n) is 11.2. The SMILES string of the molecule is COP(=O)(O)F.O=P(O)(F)Oc1ccccc1.O=P(O)(F)Oc1ccccc1.O=P(O)(F)Oc1ccccc1.O=P(O)(O)F.O=P(O)(O)F. The molecule has 0 heterocycles. The van der Waals surface area contributed by atoms with Crippen molar-refractivity contribution in [2.24, 2.45) is 0 Å². The first-order valence-corrected chi connectivity index (χ1v) is 20.1. The van der Waals surface area contributed by atoms with E-state index in [0.717, 1.165) is 7.11 Å². The summed E-state index contributed by atoms with van der Waals surface area (Å²) in [6, 6.07) is 22.9. The van der Waals surface area contributed by atoms with Crippen molar-refractivity contribution in [2.75, 3.05) is 7.11 Å². The first-order chi connectivity index (χ1) is 21.8. The van der Waals surface area contributed by atoms with Gasteiger partial charge in [-0.3, -0.25) is 43.7 Å². The molecule has 3 rings (SSSR count). The summed E-state index contributed by atoms with van der Waals surface area (Å²) in [6.45, 7) is 0. The molecule has 0 saturated carbocycles. The number of rotatable bonds is 7. The van der Waals surface area contributed by atoms with Gasteiger partial charge in [-0.15, -0.1) is 25.2 Å². The summed E-state index contributed by atoms with van der Waals surface area (Å²) in [5, 5.41) is 0. The van der Waals surface area contributed by atoms with Gasteiger partial charge in [0.05, 0.1) is 0 Å². The fourth-order valence-corrected chi connectivity index (χ4v) is 2.98. The van der Waals surface area contributed by atoms with Crippen LogP contribution in [0.2, 0.25) is 0 Å². The van der Waals surface area contributed by atoms with E-state index < -0.39 is 47.4 Å². The van der Waals surface area contributed by atoms with E-state index in [-0.39, 0.29) is 17.2 Å². The molecule has 49 heavy (non-hydrogen) atoms. The molecule has 4 unspecified atom stereocenters. The lowest BCUT2D eigenvalue weighted by molar-refractivity contribution is 0.273. The van der Waals surface area contributed by atoms with Crippen LogP contribution >= 0.6 is 47.4 Å². The van der Waals surface area contributed by atoms with E-state index in [1.54, 1.807) is 54.6 Å². The average Bonchev–Trinajstić information content (AvgIpc) is 2.86. The van der Waals surface area contributed by atoms with Crippen LogP contribution in [0.1, 0.15) is 0 Å². The lowest BCUT2D eigenvalue weighted by atomic mass is 10.3. The highest BCUT2D eigenvalue weighted by molar-refractivity contribution is 7.48. The van der Waals surface area contributed by atoms with Crippen molar-refractivity contribution in [3.8, 4) is 17.2 Å². The molecule has 0 amide bonds. The Morgan fingerprint density at radius 1 is 0.388 bits per heavy atom. The minimum Gasteiger partial charge on any atom is -0.401 e. The molecule has 0 bridgehead atoms. The second kappa shape index (κ2) is 24.0. The number of hydrogen-bond donors (Lipinski definition) is 8. The molecule has 4 atom stereocenters. The number of halogens is 6. The molecule has 8 N–H and O–H groups in total. The van der Waals surface area contributed by atoms with E-state index in [9.17, 15) is 43.4 Å². The lowest BCUT2D eigenvalue weighted by Crippen LogP contribution is -1.84. The van der Waals surface area contributed by atoms with Crippen LogP contribution in [0.15, 0.2) is 91.0 Å². The zero-order valence-corrected chi connectivity index (χ0v) is 29.1. The highest BCUT2D eigenvalue weighted by Crippen LogP contribution is 2.45. The summed E-state index contributed by atoms with van der Waals surface area (Å²) in [6.07, 6.45) is 0. The Morgan fingerprint density at radius 3 is 0.633 bits per heavy atom. The zero-order valence-electron chi connectivity index (χ0n) is 23.8. The third kappa shape index (κ3) is 55.3. The second-order valence-electron chi connectivity index (χ2n) is 7.15. The largest absolute Gasteiger partial charge is 0.567 e. The molecule has 0 aliphatic rings. The van der Waals surface area contributed by atoms with Crippen LogP contribution < -0.4 is 13.6 Å². The van der Waals surface area contributed by atoms with E-state index in [2.05, 4.69) is 18.1 Å². The minimum absolute atomic E-state index is 0.0424.